The van der Waals surface area contributed by atoms with Gasteiger partial charge in [0, 0.05) is 6.54 Å². The number of aromatic carboxylic acids is 1. The van der Waals surface area contributed by atoms with Gasteiger partial charge in [0.05, 0.1) is 11.7 Å². The maximum atomic E-state index is 11.0. The lowest BCUT2D eigenvalue weighted by atomic mass is 9.99. The number of hydrogen-bond acceptors (Lipinski definition) is 4. The van der Waals surface area contributed by atoms with E-state index in [0.717, 1.165) is 24.0 Å². The lowest BCUT2D eigenvalue weighted by Gasteiger charge is -2.34. The van der Waals surface area contributed by atoms with Crippen molar-refractivity contribution in [3.05, 3.63) is 15.6 Å². The van der Waals surface area contributed by atoms with Crippen molar-refractivity contribution in [1.29, 1.82) is 0 Å². The summed E-state index contributed by atoms with van der Waals surface area (Å²) in [7, 11) is 0. The minimum absolute atomic E-state index is 0.226. The molecule has 1 fully saturated rings. The maximum Gasteiger partial charge on any atom is 0.347 e. The van der Waals surface area contributed by atoms with E-state index < -0.39 is 5.97 Å². The van der Waals surface area contributed by atoms with Crippen LogP contribution >= 0.6 is 11.3 Å². The molecule has 0 aromatic carbocycles. The number of nitrogens with zero attached hydrogens (tertiary/aromatic N) is 2. The van der Waals surface area contributed by atoms with E-state index in [2.05, 4.69) is 23.7 Å². The molecule has 1 aliphatic rings. The second-order valence-electron chi connectivity index (χ2n) is 5.19. The number of carboxylic acids is 1. The van der Waals surface area contributed by atoms with Gasteiger partial charge in [0.1, 0.15) is 9.88 Å². The maximum absolute atomic E-state index is 11.0. The molecule has 1 aromatic heterocycles. The van der Waals surface area contributed by atoms with E-state index in [0.29, 0.717) is 10.6 Å². The van der Waals surface area contributed by atoms with E-state index in [1.54, 1.807) is 6.92 Å². The molecule has 5 heteroatoms. The number of hydrogen-bond donors (Lipinski definition) is 1. The highest BCUT2D eigenvalue weighted by Gasteiger charge is 2.25. The van der Waals surface area contributed by atoms with E-state index in [-0.39, 0.29) is 6.04 Å². The Morgan fingerprint density at radius 3 is 2.89 bits per heavy atom. The van der Waals surface area contributed by atoms with E-state index >= 15 is 0 Å². The van der Waals surface area contributed by atoms with E-state index in [1.165, 1.54) is 24.2 Å². The highest BCUT2D eigenvalue weighted by molar-refractivity contribution is 7.13. The van der Waals surface area contributed by atoms with Crippen LogP contribution < -0.4 is 0 Å². The number of piperidine rings is 1. The van der Waals surface area contributed by atoms with Crippen molar-refractivity contribution in [3.63, 3.8) is 0 Å². The second kappa shape index (κ2) is 5.36. The third-order valence-corrected chi connectivity index (χ3v) is 4.92. The summed E-state index contributed by atoms with van der Waals surface area (Å²) in [4.78, 5) is 18.3. The van der Waals surface area contributed by atoms with Crippen molar-refractivity contribution in [2.45, 2.75) is 39.7 Å². The van der Waals surface area contributed by atoms with Crippen molar-refractivity contribution < 1.29 is 9.90 Å². The Morgan fingerprint density at radius 2 is 2.33 bits per heavy atom. The van der Waals surface area contributed by atoms with E-state index in [1.807, 2.05) is 0 Å². The number of thiazole rings is 1. The van der Waals surface area contributed by atoms with Gasteiger partial charge in [-0.2, -0.15) is 0 Å². The van der Waals surface area contributed by atoms with Gasteiger partial charge >= 0.3 is 5.97 Å². The highest BCUT2D eigenvalue weighted by atomic mass is 32.1. The first-order chi connectivity index (χ1) is 8.49. The van der Waals surface area contributed by atoms with Gasteiger partial charge in [0.15, 0.2) is 0 Å². The summed E-state index contributed by atoms with van der Waals surface area (Å²) in [5.74, 6) is -0.142. The average molecular weight is 268 g/mol. The lowest BCUT2D eigenvalue weighted by molar-refractivity contribution is 0.0701. The molecule has 2 heterocycles. The zero-order chi connectivity index (χ0) is 13.3. The summed E-state index contributed by atoms with van der Waals surface area (Å²) in [6, 6.07) is 0.226. The Kier molecular flexibility index (Phi) is 4.02. The summed E-state index contributed by atoms with van der Waals surface area (Å²) in [5, 5.41) is 10.00. The zero-order valence-electron chi connectivity index (χ0n) is 11.1. The molecule has 1 N–H and O–H groups in total. The van der Waals surface area contributed by atoms with E-state index in [9.17, 15) is 4.79 Å². The number of carboxylic acid groups (broad SMARTS) is 1. The van der Waals surface area contributed by atoms with Crippen molar-refractivity contribution in [2.24, 2.45) is 5.92 Å². The fourth-order valence-electron chi connectivity index (χ4n) is 2.53. The molecule has 0 radical (unpaired) electrons. The van der Waals surface area contributed by atoms with Crippen LogP contribution in [0.1, 0.15) is 53.1 Å². The number of rotatable bonds is 3. The molecule has 2 atom stereocenters. The fourth-order valence-corrected chi connectivity index (χ4v) is 3.52. The standard InChI is InChI=1S/C13H20N2O2S/c1-8-5-4-6-15(7-8)10(3)12-14-9(2)11(18-12)13(16)17/h8,10H,4-7H2,1-3H3,(H,16,17). The second-order valence-corrected chi connectivity index (χ2v) is 6.22. The number of likely N-dealkylation sites (tertiary alicyclic amines) is 1. The van der Waals surface area contributed by atoms with Gasteiger partial charge in [-0.3, -0.25) is 4.90 Å². The first-order valence-electron chi connectivity index (χ1n) is 6.43. The Morgan fingerprint density at radius 1 is 1.61 bits per heavy atom. The SMILES string of the molecule is Cc1nc(C(C)N2CCCC(C)C2)sc1C(=O)O. The summed E-state index contributed by atoms with van der Waals surface area (Å²) in [5.41, 5.74) is 0.638. The van der Waals surface area contributed by atoms with Gasteiger partial charge in [-0.25, -0.2) is 9.78 Å². The molecular formula is C13H20N2O2S. The lowest BCUT2D eigenvalue weighted by Crippen LogP contribution is -2.36. The van der Waals surface area contributed by atoms with Crippen LogP contribution in [0.25, 0.3) is 0 Å². The topological polar surface area (TPSA) is 53.4 Å². The van der Waals surface area contributed by atoms with E-state index in [4.69, 9.17) is 5.11 Å². The largest absolute Gasteiger partial charge is 0.477 e. The van der Waals surface area contributed by atoms with Crippen molar-refractivity contribution in [3.8, 4) is 0 Å². The minimum Gasteiger partial charge on any atom is -0.477 e. The summed E-state index contributed by atoms with van der Waals surface area (Å²) < 4.78 is 0. The van der Waals surface area contributed by atoms with Crippen molar-refractivity contribution in [1.82, 2.24) is 9.88 Å². The monoisotopic (exact) mass is 268 g/mol. The number of aryl methyl sites for hydroxylation is 1. The highest BCUT2D eigenvalue weighted by Crippen LogP contribution is 2.30. The summed E-state index contributed by atoms with van der Waals surface area (Å²) >= 11 is 1.32. The molecule has 1 saturated heterocycles. The molecule has 0 saturated carbocycles. The first-order valence-corrected chi connectivity index (χ1v) is 7.25. The van der Waals surface area contributed by atoms with Gasteiger partial charge in [-0.15, -0.1) is 11.3 Å². The number of aromatic nitrogens is 1. The Balaban J connectivity index is 2.15. The van der Waals surface area contributed by atoms with Crippen LogP contribution in [0.3, 0.4) is 0 Å². The molecule has 0 spiro atoms. The van der Waals surface area contributed by atoms with Gasteiger partial charge in [0.25, 0.3) is 0 Å². The molecule has 0 aliphatic carbocycles. The molecule has 4 nitrogen and oxygen atoms in total. The van der Waals surface area contributed by atoms with Crippen LogP contribution in [0, 0.1) is 12.8 Å². The molecular weight excluding hydrogens is 248 g/mol. The Bertz CT molecular complexity index is 444. The first kappa shape index (κ1) is 13.5. The molecule has 0 amide bonds. The van der Waals surface area contributed by atoms with Crippen LogP contribution in [-0.4, -0.2) is 34.0 Å². The summed E-state index contributed by atoms with van der Waals surface area (Å²) in [6.45, 7) is 8.35. The quantitative estimate of drug-likeness (QED) is 0.915. The summed E-state index contributed by atoms with van der Waals surface area (Å²) in [6.07, 6.45) is 2.52. The van der Waals surface area contributed by atoms with Gasteiger partial charge in [0.2, 0.25) is 0 Å². The zero-order valence-corrected chi connectivity index (χ0v) is 12.0. The number of carbonyl (C=O) groups is 1. The third kappa shape index (κ3) is 2.72. The van der Waals surface area contributed by atoms with Crippen LogP contribution in [0.5, 0.6) is 0 Å². The smallest absolute Gasteiger partial charge is 0.347 e. The predicted molar refractivity (Wildman–Crippen MR) is 72.2 cm³/mol. The molecule has 1 aliphatic heterocycles. The fraction of sp³-hybridized carbons (Fsp3) is 0.692. The third-order valence-electron chi connectivity index (χ3n) is 3.60. The normalized spacial score (nSPS) is 22.9. The van der Waals surface area contributed by atoms with Gasteiger partial charge < -0.3 is 5.11 Å². The molecule has 18 heavy (non-hydrogen) atoms. The van der Waals surface area contributed by atoms with Crippen molar-refractivity contribution >= 4 is 17.3 Å². The van der Waals surface area contributed by atoms with Crippen LogP contribution in [0.4, 0.5) is 0 Å². The minimum atomic E-state index is -0.865. The molecule has 100 valence electrons. The van der Waals surface area contributed by atoms with Crippen LogP contribution in [0.2, 0.25) is 0 Å². The van der Waals surface area contributed by atoms with Crippen LogP contribution in [-0.2, 0) is 0 Å². The van der Waals surface area contributed by atoms with Gasteiger partial charge in [-0.1, -0.05) is 6.92 Å². The molecule has 2 rings (SSSR count). The van der Waals surface area contributed by atoms with Crippen molar-refractivity contribution in [2.75, 3.05) is 13.1 Å². The molecule has 0 bridgehead atoms. The molecule has 2 unspecified atom stereocenters. The molecule has 1 aromatic rings. The Hall–Kier alpha value is -0.940. The predicted octanol–water partition coefficient (Wildman–Crippen LogP) is 2.94. The average Bonchev–Trinajstić information content (AvgIpc) is 2.70. The van der Waals surface area contributed by atoms with Crippen LogP contribution in [0.15, 0.2) is 0 Å². The van der Waals surface area contributed by atoms with Gasteiger partial charge in [-0.05, 0) is 39.2 Å². The Labute approximate surface area is 112 Å².